The summed E-state index contributed by atoms with van der Waals surface area (Å²) in [6.45, 7) is 6.58. The summed E-state index contributed by atoms with van der Waals surface area (Å²) in [5.41, 5.74) is 4.15. The fraction of sp³-hybridized carbons (Fsp3) is 0.286. The molecule has 1 fully saturated rings. The van der Waals surface area contributed by atoms with Crippen LogP contribution in [0.25, 0.3) is 0 Å². The first-order chi connectivity index (χ1) is 15.4. The lowest BCUT2D eigenvalue weighted by Gasteiger charge is -2.30. The fourth-order valence-corrected chi connectivity index (χ4v) is 6.34. The Labute approximate surface area is 192 Å². The minimum atomic E-state index is -3.66. The Morgan fingerprint density at radius 2 is 1.47 bits per heavy atom. The topological polar surface area (TPSA) is 37.4 Å². The van der Waals surface area contributed by atoms with E-state index < -0.39 is 15.4 Å². The van der Waals surface area contributed by atoms with Crippen molar-refractivity contribution in [1.82, 2.24) is 4.31 Å². The van der Waals surface area contributed by atoms with Crippen molar-refractivity contribution in [3.8, 4) is 0 Å². The first kappa shape index (κ1) is 22.5. The van der Waals surface area contributed by atoms with Crippen molar-refractivity contribution < 1.29 is 8.42 Å². The van der Waals surface area contributed by atoms with Gasteiger partial charge in [-0.1, -0.05) is 96.9 Å². The van der Waals surface area contributed by atoms with Gasteiger partial charge in [0.15, 0.2) is 0 Å². The predicted molar refractivity (Wildman–Crippen MR) is 131 cm³/mol. The zero-order valence-corrected chi connectivity index (χ0v) is 19.8. The highest BCUT2D eigenvalue weighted by Crippen LogP contribution is 2.46. The number of allylic oxidation sites excluding steroid dienone is 1. The second kappa shape index (κ2) is 9.05. The van der Waals surface area contributed by atoms with Gasteiger partial charge in [0.25, 0.3) is 0 Å². The van der Waals surface area contributed by atoms with Gasteiger partial charge in [0.1, 0.15) is 0 Å². The number of sulfonamides is 1. The lowest BCUT2D eigenvalue weighted by atomic mass is 9.73. The van der Waals surface area contributed by atoms with Crippen molar-refractivity contribution in [1.29, 1.82) is 0 Å². The molecule has 0 unspecified atom stereocenters. The average Bonchev–Trinajstić information content (AvgIpc) is 3.21. The molecule has 3 aromatic carbocycles. The molecule has 3 aromatic rings. The molecule has 0 radical (unpaired) electrons. The molecule has 1 aliphatic rings. The van der Waals surface area contributed by atoms with E-state index in [4.69, 9.17) is 0 Å². The summed E-state index contributed by atoms with van der Waals surface area (Å²) in [4.78, 5) is 0.354. The fourth-order valence-electron chi connectivity index (χ4n) is 4.70. The van der Waals surface area contributed by atoms with Gasteiger partial charge in [0.2, 0.25) is 10.0 Å². The van der Waals surface area contributed by atoms with Gasteiger partial charge in [-0.25, -0.2) is 8.42 Å². The van der Waals surface area contributed by atoms with Gasteiger partial charge in [-0.2, -0.15) is 4.31 Å². The third-order valence-corrected chi connectivity index (χ3v) is 8.55. The molecule has 0 aromatic heterocycles. The van der Waals surface area contributed by atoms with Crippen molar-refractivity contribution in [2.24, 2.45) is 0 Å². The van der Waals surface area contributed by atoms with Crippen LogP contribution < -0.4 is 0 Å². The summed E-state index contributed by atoms with van der Waals surface area (Å²) in [6.07, 6.45) is 3.77. The molecule has 0 aliphatic carbocycles. The van der Waals surface area contributed by atoms with E-state index in [2.05, 4.69) is 44.2 Å². The van der Waals surface area contributed by atoms with Crippen molar-refractivity contribution in [2.75, 3.05) is 6.54 Å². The number of rotatable bonds is 6. The number of aryl methyl sites for hydroxylation is 1. The Kier molecular flexibility index (Phi) is 6.36. The SMILES string of the molecule is CC/C(C)=C\[C@H]1CC(c2ccccc2)(c2ccccc2)CN1S(=O)(=O)c1ccc(C)cc1. The van der Waals surface area contributed by atoms with E-state index >= 15 is 0 Å². The summed E-state index contributed by atoms with van der Waals surface area (Å²) < 4.78 is 29.5. The molecule has 1 atom stereocenters. The quantitative estimate of drug-likeness (QED) is 0.430. The number of benzene rings is 3. The van der Waals surface area contributed by atoms with Crippen LogP contribution in [0, 0.1) is 6.92 Å². The van der Waals surface area contributed by atoms with E-state index in [1.165, 1.54) is 5.57 Å². The highest BCUT2D eigenvalue weighted by molar-refractivity contribution is 7.89. The predicted octanol–water partition coefficient (Wildman–Crippen LogP) is 6.10. The van der Waals surface area contributed by atoms with Gasteiger partial charge < -0.3 is 0 Å². The van der Waals surface area contributed by atoms with Crippen molar-refractivity contribution >= 4 is 10.0 Å². The van der Waals surface area contributed by atoms with E-state index in [1.807, 2.05) is 55.5 Å². The van der Waals surface area contributed by atoms with Crippen LogP contribution >= 0.6 is 0 Å². The molecule has 166 valence electrons. The van der Waals surface area contributed by atoms with Crippen molar-refractivity contribution in [3.63, 3.8) is 0 Å². The molecule has 0 saturated carbocycles. The molecule has 0 N–H and O–H groups in total. The summed E-state index contributed by atoms with van der Waals surface area (Å²) >= 11 is 0. The molecular weight excluding hydrogens is 414 g/mol. The normalized spacial score (nSPS) is 19.2. The third kappa shape index (κ3) is 4.17. The highest BCUT2D eigenvalue weighted by Gasteiger charge is 2.50. The van der Waals surface area contributed by atoms with Crippen LogP contribution in [0.15, 0.2) is 101 Å². The van der Waals surface area contributed by atoms with E-state index in [0.29, 0.717) is 17.9 Å². The van der Waals surface area contributed by atoms with Crippen molar-refractivity contribution in [2.45, 2.75) is 50.0 Å². The van der Waals surface area contributed by atoms with E-state index in [9.17, 15) is 8.42 Å². The van der Waals surface area contributed by atoms with Crippen LogP contribution in [-0.2, 0) is 15.4 Å². The first-order valence-electron chi connectivity index (χ1n) is 11.2. The van der Waals surface area contributed by atoms with Crippen LogP contribution in [0.2, 0.25) is 0 Å². The Balaban J connectivity index is 1.88. The Morgan fingerprint density at radius 3 is 1.97 bits per heavy atom. The molecule has 3 nitrogen and oxygen atoms in total. The van der Waals surface area contributed by atoms with E-state index in [0.717, 1.165) is 23.1 Å². The molecular formula is C28H31NO2S. The van der Waals surface area contributed by atoms with Gasteiger partial charge in [-0.05, 0) is 49.9 Å². The van der Waals surface area contributed by atoms with Crippen LogP contribution in [0.3, 0.4) is 0 Å². The standard InChI is InChI=1S/C28H31NO2S/c1-4-22(2)19-26-20-28(24-11-7-5-8-12-24,25-13-9-6-10-14-25)21-29(26)32(30,31)27-17-15-23(3)16-18-27/h5-19,26H,4,20-21H2,1-3H3/b22-19-/t26-/m0/s1. The molecule has 0 bridgehead atoms. The van der Waals surface area contributed by atoms with E-state index in [-0.39, 0.29) is 6.04 Å². The van der Waals surface area contributed by atoms with Crippen LogP contribution in [0.5, 0.6) is 0 Å². The van der Waals surface area contributed by atoms with Crippen molar-refractivity contribution in [3.05, 3.63) is 113 Å². The Hall–Kier alpha value is -2.69. The maximum Gasteiger partial charge on any atom is 0.243 e. The summed E-state index contributed by atoms with van der Waals surface area (Å²) in [5.74, 6) is 0. The number of hydrogen-bond donors (Lipinski definition) is 0. The minimum absolute atomic E-state index is 0.207. The van der Waals surface area contributed by atoms with Gasteiger partial charge in [-0.15, -0.1) is 0 Å². The second-order valence-electron chi connectivity index (χ2n) is 8.82. The molecule has 4 heteroatoms. The van der Waals surface area contributed by atoms with Crippen LogP contribution in [0.1, 0.15) is 43.4 Å². The number of nitrogens with zero attached hydrogens (tertiary/aromatic N) is 1. The maximum atomic E-state index is 13.9. The minimum Gasteiger partial charge on any atom is -0.207 e. The highest BCUT2D eigenvalue weighted by atomic mass is 32.2. The first-order valence-corrected chi connectivity index (χ1v) is 12.7. The van der Waals surface area contributed by atoms with Crippen LogP contribution in [0.4, 0.5) is 0 Å². The number of hydrogen-bond acceptors (Lipinski definition) is 2. The van der Waals surface area contributed by atoms with Gasteiger partial charge in [-0.3, -0.25) is 0 Å². The Morgan fingerprint density at radius 1 is 0.938 bits per heavy atom. The summed E-state index contributed by atoms with van der Waals surface area (Å²) in [6, 6.07) is 27.7. The largest absolute Gasteiger partial charge is 0.243 e. The van der Waals surface area contributed by atoms with Gasteiger partial charge in [0.05, 0.1) is 4.90 Å². The molecule has 4 rings (SSSR count). The van der Waals surface area contributed by atoms with Crippen LogP contribution in [-0.4, -0.2) is 25.3 Å². The monoisotopic (exact) mass is 445 g/mol. The van der Waals surface area contributed by atoms with E-state index in [1.54, 1.807) is 16.4 Å². The lowest BCUT2D eigenvalue weighted by Crippen LogP contribution is -2.37. The summed E-state index contributed by atoms with van der Waals surface area (Å²) in [7, 11) is -3.66. The summed E-state index contributed by atoms with van der Waals surface area (Å²) in [5, 5.41) is 0. The molecule has 0 amide bonds. The molecule has 32 heavy (non-hydrogen) atoms. The molecule has 1 aliphatic heterocycles. The van der Waals surface area contributed by atoms with Gasteiger partial charge >= 0.3 is 0 Å². The molecule has 1 saturated heterocycles. The lowest BCUT2D eigenvalue weighted by molar-refractivity contribution is 0.422. The molecule has 0 spiro atoms. The second-order valence-corrected chi connectivity index (χ2v) is 10.7. The van der Waals surface area contributed by atoms with Gasteiger partial charge in [0, 0.05) is 18.0 Å². The Bertz CT molecular complexity index is 1140. The zero-order chi connectivity index (χ0) is 22.8. The zero-order valence-electron chi connectivity index (χ0n) is 19.0. The maximum absolute atomic E-state index is 13.9. The average molecular weight is 446 g/mol. The smallest absolute Gasteiger partial charge is 0.207 e. The third-order valence-electron chi connectivity index (χ3n) is 6.67. The molecule has 1 heterocycles.